The molecule has 3 atom stereocenters. The number of hydrogen-bond donors (Lipinski definition) is 4. The zero-order valence-electron chi connectivity index (χ0n) is 10.7. The number of aliphatic carboxylic acids is 1. The van der Waals surface area contributed by atoms with Crippen molar-refractivity contribution >= 4 is 23.4 Å². The molecule has 5 nitrogen and oxygen atoms in total. The molecule has 6 heteroatoms. The summed E-state index contributed by atoms with van der Waals surface area (Å²) < 4.78 is 0. The topological polar surface area (TPSA) is 98.0 Å². The molecule has 0 aromatic carbocycles. The van der Waals surface area contributed by atoms with Crippen molar-refractivity contribution in [1.82, 2.24) is 0 Å². The van der Waals surface area contributed by atoms with Crippen LogP contribution in [0.1, 0.15) is 52.2 Å². The Morgan fingerprint density at radius 1 is 1.35 bits per heavy atom. The summed E-state index contributed by atoms with van der Waals surface area (Å²) in [4.78, 5) is 12.8. The minimum Gasteiger partial charge on any atom is -0.479 e. The number of aliphatic hydroxyl groups is 3. The van der Waals surface area contributed by atoms with Crippen LogP contribution in [0.4, 0.5) is 0 Å². The molecule has 0 saturated heterocycles. The Kier molecular flexibility index (Phi) is 3.02. The average molecular weight is 296 g/mol. The number of carboxylic acids is 1. The zero-order valence-corrected chi connectivity index (χ0v) is 11.6. The third kappa shape index (κ3) is 1.76. The second-order valence-electron chi connectivity index (χ2n) is 5.48. The standard InChI is InChI=1S/C14H16O5S/c1-2-7-9-12(20-11(7)6-3-4-6)10(16)8(15)5-14(9,19)13(17)18/h2,6,8,10,15-16,19H,1,3-5H2,(H,17,18)/t8-,10+,14+/m1/s1. The van der Waals surface area contributed by atoms with Gasteiger partial charge < -0.3 is 20.4 Å². The van der Waals surface area contributed by atoms with Crippen LogP contribution in [0.15, 0.2) is 6.58 Å². The van der Waals surface area contributed by atoms with Crippen molar-refractivity contribution in [1.29, 1.82) is 0 Å². The quantitative estimate of drug-likeness (QED) is 0.675. The lowest BCUT2D eigenvalue weighted by molar-refractivity contribution is -0.168. The van der Waals surface area contributed by atoms with Crippen LogP contribution in [0.3, 0.4) is 0 Å². The van der Waals surface area contributed by atoms with Gasteiger partial charge in [0.1, 0.15) is 6.10 Å². The molecule has 2 aliphatic rings. The fraction of sp³-hybridized carbons (Fsp3) is 0.500. The van der Waals surface area contributed by atoms with Gasteiger partial charge >= 0.3 is 5.97 Å². The van der Waals surface area contributed by atoms with Crippen LogP contribution in [0, 0.1) is 0 Å². The molecule has 0 aliphatic heterocycles. The number of rotatable bonds is 3. The van der Waals surface area contributed by atoms with E-state index >= 15 is 0 Å². The van der Waals surface area contributed by atoms with Gasteiger partial charge in [-0.3, -0.25) is 0 Å². The molecule has 108 valence electrons. The number of fused-ring (bicyclic) bond motifs is 1. The summed E-state index contributed by atoms with van der Waals surface area (Å²) in [5, 5.41) is 39.8. The summed E-state index contributed by atoms with van der Waals surface area (Å²) in [6.45, 7) is 3.71. The molecule has 20 heavy (non-hydrogen) atoms. The predicted octanol–water partition coefficient (Wildman–Crippen LogP) is 1.34. The molecule has 0 unspecified atom stereocenters. The molecule has 0 spiro atoms. The fourth-order valence-corrected chi connectivity index (χ4v) is 4.45. The highest BCUT2D eigenvalue weighted by molar-refractivity contribution is 7.12. The summed E-state index contributed by atoms with van der Waals surface area (Å²) in [6.07, 6.45) is 0.724. The SMILES string of the molecule is C=Cc1c(C2CC2)sc2c1[C@](O)(C(=O)O)C[C@@H](O)[C@@H]2O. The van der Waals surface area contributed by atoms with Gasteiger partial charge in [-0.2, -0.15) is 0 Å². The number of hydrogen-bond acceptors (Lipinski definition) is 5. The minimum atomic E-state index is -2.17. The summed E-state index contributed by atoms with van der Waals surface area (Å²) in [6, 6.07) is 0. The Morgan fingerprint density at radius 2 is 2.00 bits per heavy atom. The zero-order chi connectivity index (χ0) is 14.7. The molecule has 4 N–H and O–H groups in total. The van der Waals surface area contributed by atoms with Crippen molar-refractivity contribution in [3.63, 3.8) is 0 Å². The molecule has 1 saturated carbocycles. The maximum atomic E-state index is 11.5. The third-order valence-corrected chi connectivity index (χ3v) is 5.50. The van der Waals surface area contributed by atoms with Gasteiger partial charge in [0.25, 0.3) is 0 Å². The first-order chi connectivity index (χ1) is 9.40. The molecule has 0 radical (unpaired) electrons. The van der Waals surface area contributed by atoms with Crippen LogP contribution >= 0.6 is 11.3 Å². The van der Waals surface area contributed by atoms with Gasteiger partial charge in [0.2, 0.25) is 0 Å². The van der Waals surface area contributed by atoms with Crippen LogP contribution in [0.2, 0.25) is 0 Å². The molecule has 0 amide bonds. The van der Waals surface area contributed by atoms with Gasteiger partial charge in [-0.05, 0) is 24.3 Å². The first kappa shape index (κ1) is 13.8. The fourth-order valence-electron chi connectivity index (χ4n) is 2.85. The van der Waals surface area contributed by atoms with Crippen LogP contribution in [-0.2, 0) is 10.4 Å². The van der Waals surface area contributed by atoms with E-state index in [2.05, 4.69) is 6.58 Å². The van der Waals surface area contributed by atoms with E-state index in [-0.39, 0.29) is 5.56 Å². The van der Waals surface area contributed by atoms with Gasteiger partial charge in [0.05, 0.1) is 6.10 Å². The lowest BCUT2D eigenvalue weighted by Crippen LogP contribution is -2.45. The Bertz CT molecular complexity index is 589. The first-order valence-electron chi connectivity index (χ1n) is 6.51. The van der Waals surface area contributed by atoms with Crippen LogP contribution in [-0.4, -0.2) is 32.5 Å². The van der Waals surface area contributed by atoms with E-state index in [0.29, 0.717) is 16.4 Å². The van der Waals surface area contributed by atoms with Crippen molar-refractivity contribution in [3.05, 3.63) is 27.5 Å². The number of thiophene rings is 1. The van der Waals surface area contributed by atoms with Crippen molar-refractivity contribution in [2.45, 2.75) is 43.0 Å². The molecule has 1 heterocycles. The Labute approximate surface area is 119 Å². The monoisotopic (exact) mass is 296 g/mol. The lowest BCUT2D eigenvalue weighted by atomic mass is 9.78. The van der Waals surface area contributed by atoms with Gasteiger partial charge in [0, 0.05) is 21.7 Å². The van der Waals surface area contributed by atoms with E-state index in [9.17, 15) is 25.2 Å². The van der Waals surface area contributed by atoms with E-state index in [1.54, 1.807) is 6.08 Å². The first-order valence-corrected chi connectivity index (χ1v) is 7.33. The number of aliphatic hydroxyl groups excluding tert-OH is 2. The molecule has 1 aromatic rings. The van der Waals surface area contributed by atoms with Crippen LogP contribution in [0.5, 0.6) is 0 Å². The lowest BCUT2D eigenvalue weighted by Gasteiger charge is -2.35. The molecular formula is C14H16O5S. The van der Waals surface area contributed by atoms with Gasteiger partial charge in [-0.1, -0.05) is 12.7 Å². The van der Waals surface area contributed by atoms with E-state index in [1.165, 1.54) is 11.3 Å². The molecular weight excluding hydrogens is 280 g/mol. The van der Waals surface area contributed by atoms with Gasteiger partial charge in [-0.15, -0.1) is 11.3 Å². The summed E-state index contributed by atoms with van der Waals surface area (Å²) in [5.41, 5.74) is -1.34. The van der Waals surface area contributed by atoms with Crippen molar-refractivity contribution < 1.29 is 25.2 Å². The highest BCUT2D eigenvalue weighted by atomic mass is 32.1. The van der Waals surface area contributed by atoms with E-state index in [0.717, 1.165) is 17.7 Å². The van der Waals surface area contributed by atoms with Crippen molar-refractivity contribution in [2.24, 2.45) is 0 Å². The molecule has 1 aromatic heterocycles. The molecule has 1 fully saturated rings. The average Bonchev–Trinajstić information content (AvgIpc) is 3.15. The van der Waals surface area contributed by atoms with E-state index in [4.69, 9.17) is 0 Å². The van der Waals surface area contributed by atoms with E-state index in [1.807, 2.05) is 0 Å². The largest absolute Gasteiger partial charge is 0.479 e. The highest BCUT2D eigenvalue weighted by Crippen LogP contribution is 2.54. The summed E-state index contributed by atoms with van der Waals surface area (Å²) in [5.74, 6) is -1.06. The maximum Gasteiger partial charge on any atom is 0.340 e. The number of carboxylic acid groups (broad SMARTS) is 1. The minimum absolute atomic E-state index is 0.213. The maximum absolute atomic E-state index is 11.5. The van der Waals surface area contributed by atoms with Crippen molar-refractivity contribution in [2.75, 3.05) is 0 Å². The predicted molar refractivity (Wildman–Crippen MR) is 73.5 cm³/mol. The highest BCUT2D eigenvalue weighted by Gasteiger charge is 2.51. The normalized spacial score (nSPS) is 32.8. The van der Waals surface area contributed by atoms with Gasteiger partial charge in [-0.25, -0.2) is 4.79 Å². The third-order valence-electron chi connectivity index (χ3n) is 4.06. The van der Waals surface area contributed by atoms with Gasteiger partial charge in [0.15, 0.2) is 5.60 Å². The molecule has 0 bridgehead atoms. The Morgan fingerprint density at radius 3 is 2.50 bits per heavy atom. The van der Waals surface area contributed by atoms with E-state index < -0.39 is 30.2 Å². The second-order valence-corrected chi connectivity index (χ2v) is 6.56. The van der Waals surface area contributed by atoms with Crippen LogP contribution < -0.4 is 0 Å². The molecule has 3 rings (SSSR count). The molecule has 2 aliphatic carbocycles. The Balaban J connectivity index is 2.26. The summed E-state index contributed by atoms with van der Waals surface area (Å²) in [7, 11) is 0. The smallest absolute Gasteiger partial charge is 0.340 e. The van der Waals surface area contributed by atoms with Crippen molar-refractivity contribution in [3.8, 4) is 0 Å². The number of carbonyl (C=O) groups is 1. The summed E-state index contributed by atoms with van der Waals surface area (Å²) >= 11 is 1.28. The second kappa shape index (κ2) is 4.39. The van der Waals surface area contributed by atoms with Crippen LogP contribution in [0.25, 0.3) is 6.08 Å². The Hall–Kier alpha value is -1.21.